The smallest absolute Gasteiger partial charge is 0.261 e. The Labute approximate surface area is 246 Å². The molecule has 38 heavy (non-hydrogen) atoms. The molecule has 0 aromatic heterocycles. The van der Waals surface area contributed by atoms with Gasteiger partial charge in [0.2, 0.25) is 5.91 Å². The highest BCUT2D eigenvalue weighted by atomic mass is 79.9. The number of halogens is 4. The molecule has 0 spiro atoms. The molecule has 0 heterocycles. The van der Waals surface area contributed by atoms with E-state index < -0.39 is 6.04 Å². The minimum Gasteiger partial charge on any atom is -0.483 e. The lowest BCUT2D eigenvalue weighted by Gasteiger charge is -2.32. The molecule has 0 radical (unpaired) electrons. The molecular formula is C29H28BrCl3N2O3. The Morgan fingerprint density at radius 1 is 0.974 bits per heavy atom. The van der Waals surface area contributed by atoms with Crippen LogP contribution in [0.15, 0.2) is 71.2 Å². The molecule has 1 fully saturated rings. The van der Waals surface area contributed by atoms with Crippen molar-refractivity contribution in [2.24, 2.45) is 0 Å². The summed E-state index contributed by atoms with van der Waals surface area (Å²) in [6, 6.07) is 19.2. The van der Waals surface area contributed by atoms with Gasteiger partial charge in [0.1, 0.15) is 11.8 Å². The second kappa shape index (κ2) is 13.7. The van der Waals surface area contributed by atoms with Gasteiger partial charge in [-0.25, -0.2) is 0 Å². The number of rotatable bonds is 10. The first kappa shape index (κ1) is 28.8. The second-order valence-electron chi connectivity index (χ2n) is 9.32. The van der Waals surface area contributed by atoms with Crippen molar-refractivity contribution in [2.75, 3.05) is 6.61 Å². The third-order valence-electron chi connectivity index (χ3n) is 6.57. The number of hydrogen-bond donors (Lipinski definition) is 1. The predicted molar refractivity (Wildman–Crippen MR) is 156 cm³/mol. The molecule has 0 aliphatic heterocycles. The van der Waals surface area contributed by atoms with Gasteiger partial charge in [-0.1, -0.05) is 84.0 Å². The number of carbonyl (C=O) groups excluding carboxylic acids is 2. The minimum absolute atomic E-state index is 0.109. The molecule has 5 nitrogen and oxygen atoms in total. The van der Waals surface area contributed by atoms with Gasteiger partial charge < -0.3 is 15.0 Å². The molecule has 2 amide bonds. The van der Waals surface area contributed by atoms with Crippen molar-refractivity contribution >= 4 is 62.5 Å². The molecule has 0 saturated heterocycles. The zero-order valence-corrected chi connectivity index (χ0v) is 24.5. The van der Waals surface area contributed by atoms with Gasteiger partial charge in [0.15, 0.2) is 6.61 Å². The lowest BCUT2D eigenvalue weighted by molar-refractivity contribution is -0.143. The van der Waals surface area contributed by atoms with Gasteiger partial charge in [0.05, 0.1) is 4.47 Å². The maximum absolute atomic E-state index is 13.8. The van der Waals surface area contributed by atoms with E-state index in [0.717, 1.165) is 31.2 Å². The molecule has 1 aliphatic carbocycles. The molecule has 1 N–H and O–H groups in total. The molecule has 3 aromatic rings. The van der Waals surface area contributed by atoms with Crippen LogP contribution in [0, 0.1) is 0 Å². The number of benzene rings is 3. The molecular weight excluding hydrogens is 611 g/mol. The van der Waals surface area contributed by atoms with E-state index in [0.29, 0.717) is 37.3 Å². The number of ether oxygens (including phenoxy) is 1. The third kappa shape index (κ3) is 7.89. The van der Waals surface area contributed by atoms with Crippen molar-refractivity contribution in [3.8, 4) is 5.75 Å². The normalized spacial score (nSPS) is 14.2. The van der Waals surface area contributed by atoms with Crippen LogP contribution in [0.4, 0.5) is 0 Å². The average Bonchev–Trinajstić information content (AvgIpc) is 3.40. The van der Waals surface area contributed by atoms with Crippen LogP contribution in [0.25, 0.3) is 0 Å². The SMILES string of the molecule is O=C(NC1CCCC1)C(Cc1ccccc1)N(Cc1ccc(Cl)cc1Cl)C(=O)COc1ccc(Cl)cc1Br. The van der Waals surface area contributed by atoms with Gasteiger partial charge in [-0.05, 0) is 70.2 Å². The van der Waals surface area contributed by atoms with Crippen LogP contribution in [0.5, 0.6) is 5.75 Å². The van der Waals surface area contributed by atoms with Crippen molar-refractivity contribution in [3.63, 3.8) is 0 Å². The summed E-state index contributed by atoms with van der Waals surface area (Å²) in [7, 11) is 0. The van der Waals surface area contributed by atoms with Crippen molar-refractivity contribution < 1.29 is 14.3 Å². The van der Waals surface area contributed by atoms with Crippen LogP contribution in [-0.2, 0) is 22.6 Å². The number of carbonyl (C=O) groups is 2. The Bertz CT molecular complexity index is 1270. The van der Waals surface area contributed by atoms with Gasteiger partial charge in [0, 0.05) is 34.1 Å². The van der Waals surface area contributed by atoms with Crippen LogP contribution >= 0.6 is 50.7 Å². The van der Waals surface area contributed by atoms with Crippen molar-refractivity contribution in [3.05, 3.63) is 97.4 Å². The summed E-state index contributed by atoms with van der Waals surface area (Å²) in [4.78, 5) is 29.0. The van der Waals surface area contributed by atoms with E-state index in [9.17, 15) is 9.59 Å². The summed E-state index contributed by atoms with van der Waals surface area (Å²) in [5.41, 5.74) is 1.63. The highest BCUT2D eigenvalue weighted by Crippen LogP contribution is 2.29. The Balaban J connectivity index is 1.64. The first-order chi connectivity index (χ1) is 18.3. The summed E-state index contributed by atoms with van der Waals surface area (Å²) in [6.07, 6.45) is 4.40. The van der Waals surface area contributed by atoms with Gasteiger partial charge in [0.25, 0.3) is 5.91 Å². The third-order valence-corrected chi connectivity index (χ3v) is 8.02. The van der Waals surface area contributed by atoms with Crippen LogP contribution in [0.2, 0.25) is 15.1 Å². The Morgan fingerprint density at radius 3 is 2.34 bits per heavy atom. The summed E-state index contributed by atoms with van der Waals surface area (Å²) in [6.45, 7) is -0.150. The number of amides is 2. The zero-order chi connectivity index (χ0) is 27.1. The Morgan fingerprint density at radius 2 is 1.66 bits per heavy atom. The maximum Gasteiger partial charge on any atom is 0.261 e. The Kier molecular flexibility index (Phi) is 10.4. The van der Waals surface area contributed by atoms with E-state index in [1.54, 1.807) is 41.3 Å². The van der Waals surface area contributed by atoms with Gasteiger partial charge in [-0.2, -0.15) is 0 Å². The molecule has 3 aromatic carbocycles. The van der Waals surface area contributed by atoms with E-state index in [2.05, 4.69) is 21.2 Å². The number of nitrogens with one attached hydrogen (secondary N) is 1. The van der Waals surface area contributed by atoms with Gasteiger partial charge >= 0.3 is 0 Å². The van der Waals surface area contributed by atoms with Crippen LogP contribution in [0.1, 0.15) is 36.8 Å². The van der Waals surface area contributed by atoms with E-state index in [4.69, 9.17) is 39.5 Å². The standard InChI is InChI=1S/C29H28BrCl3N2O3/c30-24-15-21(31)12-13-27(24)38-18-28(36)35(17-20-10-11-22(32)16-25(20)33)26(14-19-6-2-1-3-7-19)29(37)34-23-8-4-5-9-23/h1-3,6-7,10-13,15-16,23,26H,4-5,8-9,14,17-18H2,(H,34,37). The van der Waals surface area contributed by atoms with E-state index >= 15 is 0 Å². The number of hydrogen-bond acceptors (Lipinski definition) is 3. The first-order valence-electron chi connectivity index (χ1n) is 12.5. The fourth-order valence-electron chi connectivity index (χ4n) is 4.57. The largest absolute Gasteiger partial charge is 0.483 e. The van der Waals surface area contributed by atoms with Crippen molar-refractivity contribution in [1.82, 2.24) is 10.2 Å². The van der Waals surface area contributed by atoms with Gasteiger partial charge in [-0.15, -0.1) is 0 Å². The van der Waals surface area contributed by atoms with Crippen molar-refractivity contribution in [1.29, 1.82) is 0 Å². The minimum atomic E-state index is -0.769. The summed E-state index contributed by atoms with van der Waals surface area (Å²) >= 11 is 22.1. The lowest BCUT2D eigenvalue weighted by Crippen LogP contribution is -2.53. The van der Waals surface area contributed by atoms with E-state index in [-0.39, 0.29) is 31.0 Å². The topological polar surface area (TPSA) is 58.6 Å². The number of nitrogens with zero attached hydrogens (tertiary/aromatic N) is 1. The van der Waals surface area contributed by atoms with Crippen LogP contribution < -0.4 is 10.1 Å². The molecule has 1 saturated carbocycles. The molecule has 4 rings (SSSR count). The lowest BCUT2D eigenvalue weighted by atomic mass is 10.0. The van der Waals surface area contributed by atoms with E-state index in [1.807, 2.05) is 30.3 Å². The monoisotopic (exact) mass is 636 g/mol. The predicted octanol–water partition coefficient (Wildman–Crippen LogP) is 7.49. The van der Waals surface area contributed by atoms with Gasteiger partial charge in [-0.3, -0.25) is 9.59 Å². The molecule has 1 atom stereocenters. The van der Waals surface area contributed by atoms with Crippen molar-refractivity contribution in [2.45, 2.75) is 50.7 Å². The molecule has 200 valence electrons. The fourth-order valence-corrected chi connectivity index (χ4v) is 5.83. The maximum atomic E-state index is 13.8. The zero-order valence-electron chi connectivity index (χ0n) is 20.6. The first-order valence-corrected chi connectivity index (χ1v) is 14.4. The Hall–Kier alpha value is -2.25. The molecule has 1 unspecified atom stereocenters. The quantitative estimate of drug-likeness (QED) is 0.251. The second-order valence-corrected chi connectivity index (χ2v) is 11.5. The summed E-state index contributed by atoms with van der Waals surface area (Å²) in [5.74, 6) is -0.0607. The molecule has 9 heteroatoms. The molecule has 0 bridgehead atoms. The van der Waals surface area contributed by atoms with Crippen LogP contribution in [-0.4, -0.2) is 35.4 Å². The average molecular weight is 639 g/mol. The summed E-state index contributed by atoms with van der Waals surface area (Å²) in [5, 5.41) is 4.64. The van der Waals surface area contributed by atoms with Crippen LogP contribution in [0.3, 0.4) is 0 Å². The molecule has 1 aliphatic rings. The van der Waals surface area contributed by atoms with E-state index in [1.165, 1.54) is 0 Å². The fraction of sp³-hybridized carbons (Fsp3) is 0.310. The highest BCUT2D eigenvalue weighted by molar-refractivity contribution is 9.10. The summed E-state index contributed by atoms with van der Waals surface area (Å²) < 4.78 is 6.48. The highest BCUT2D eigenvalue weighted by Gasteiger charge is 2.33.